The van der Waals surface area contributed by atoms with Gasteiger partial charge in [0.05, 0.1) is 22.5 Å². The molecule has 0 bridgehead atoms. The minimum absolute atomic E-state index is 0.0402. The number of halogens is 1. The minimum atomic E-state index is -1.33. The van der Waals surface area contributed by atoms with Gasteiger partial charge >= 0.3 is 11.9 Å². The summed E-state index contributed by atoms with van der Waals surface area (Å²) >= 11 is 6.60. The van der Waals surface area contributed by atoms with Crippen molar-refractivity contribution < 1.29 is 24.6 Å². The molecule has 3 aromatic rings. The topological polar surface area (TPSA) is 185 Å². The summed E-state index contributed by atoms with van der Waals surface area (Å²) in [5, 5.41) is 21.2. The zero-order valence-electron chi connectivity index (χ0n) is 18.9. The predicted molar refractivity (Wildman–Crippen MR) is 135 cm³/mol. The summed E-state index contributed by atoms with van der Waals surface area (Å²) < 4.78 is 0. The van der Waals surface area contributed by atoms with Gasteiger partial charge in [0.2, 0.25) is 5.95 Å². The van der Waals surface area contributed by atoms with Crippen LogP contribution in [0.3, 0.4) is 0 Å². The summed E-state index contributed by atoms with van der Waals surface area (Å²) in [4.78, 5) is 44.5. The summed E-state index contributed by atoms with van der Waals surface area (Å²) in [7, 11) is 0. The molecular weight excluding hydrogens is 488 g/mol. The highest BCUT2D eigenvalue weighted by atomic mass is 35.5. The predicted octanol–water partition coefficient (Wildman–Crippen LogP) is 2.14. The zero-order chi connectivity index (χ0) is 26.4. The first-order valence-corrected chi connectivity index (χ1v) is 11.0. The number of aromatic nitrogens is 2. The highest BCUT2D eigenvalue weighted by Gasteiger charge is 2.22. The third kappa shape index (κ3) is 6.11. The molecule has 36 heavy (non-hydrogen) atoms. The molecule has 1 heterocycles. The fourth-order valence-electron chi connectivity index (χ4n) is 3.54. The van der Waals surface area contributed by atoms with Gasteiger partial charge in [-0.3, -0.25) is 9.59 Å². The lowest BCUT2D eigenvalue weighted by molar-refractivity contribution is -0.140. The number of hydrogen-bond acceptors (Lipinski definition) is 8. The van der Waals surface area contributed by atoms with Crippen LogP contribution in [0.25, 0.3) is 10.9 Å². The molecule has 0 fully saturated rings. The zero-order valence-corrected chi connectivity index (χ0v) is 19.7. The Kier molecular flexibility index (Phi) is 8.14. The van der Waals surface area contributed by atoms with Gasteiger partial charge in [-0.1, -0.05) is 23.6 Å². The molecule has 0 saturated carbocycles. The Morgan fingerprint density at radius 2 is 1.81 bits per heavy atom. The molecule has 186 valence electrons. The van der Waals surface area contributed by atoms with Gasteiger partial charge in [-0.05, 0) is 42.3 Å². The maximum Gasteiger partial charge on any atom is 0.326 e. The number of carbonyl (C=O) groups excluding carboxylic acids is 1. The summed E-state index contributed by atoms with van der Waals surface area (Å²) in [6.45, 7) is 0.536. The van der Waals surface area contributed by atoms with Gasteiger partial charge in [0, 0.05) is 24.2 Å². The lowest BCUT2D eigenvalue weighted by atomic mass is 10.1. The van der Waals surface area contributed by atoms with Crippen molar-refractivity contribution in [3.8, 4) is 12.3 Å². The van der Waals surface area contributed by atoms with Crippen molar-refractivity contribution in [2.24, 2.45) is 0 Å². The molecule has 0 aliphatic heterocycles. The fourth-order valence-corrected chi connectivity index (χ4v) is 3.86. The average molecular weight is 511 g/mol. The van der Waals surface area contributed by atoms with Gasteiger partial charge < -0.3 is 31.9 Å². The highest BCUT2D eigenvalue weighted by Crippen LogP contribution is 2.32. The Labute approximate surface area is 211 Å². The van der Waals surface area contributed by atoms with Crippen LogP contribution in [-0.4, -0.2) is 50.6 Å². The first kappa shape index (κ1) is 26.1. The van der Waals surface area contributed by atoms with Gasteiger partial charge in [-0.25, -0.2) is 9.78 Å². The van der Waals surface area contributed by atoms with Gasteiger partial charge in [-0.15, -0.1) is 6.42 Å². The lowest BCUT2D eigenvalue weighted by Gasteiger charge is -2.24. The Bertz CT molecular complexity index is 1360. The number of nitrogens with two attached hydrogens (primary N) is 2. The maximum absolute atomic E-state index is 12.5. The molecule has 1 amide bonds. The quantitative estimate of drug-likeness (QED) is 0.253. The number of nitrogen functional groups attached to an aromatic ring is 2. The number of carbonyl (C=O) groups is 3. The van der Waals surface area contributed by atoms with E-state index in [9.17, 15) is 19.5 Å². The number of nitrogens with one attached hydrogen (secondary N) is 1. The second kappa shape index (κ2) is 11.2. The number of fused-ring (bicyclic) bond motifs is 1. The number of benzene rings is 2. The molecule has 11 nitrogen and oxygen atoms in total. The minimum Gasteiger partial charge on any atom is -0.481 e. The van der Waals surface area contributed by atoms with Gasteiger partial charge in [-0.2, -0.15) is 4.98 Å². The third-order valence-electron chi connectivity index (χ3n) is 5.31. The second-order valence-corrected chi connectivity index (χ2v) is 8.18. The monoisotopic (exact) mass is 510 g/mol. The number of rotatable bonds is 10. The summed E-state index contributed by atoms with van der Waals surface area (Å²) in [5.74, 6) is -0.330. The van der Waals surface area contributed by atoms with Gasteiger partial charge in [0.15, 0.2) is 0 Å². The maximum atomic E-state index is 12.5. The standard InChI is InChI=1S/C24H23ClN6O5/c1-2-11-31(12-14-5-8-16-19(20(14)25)21(26)30-24(27)29-16)15-6-3-13(4-7-15)22(34)28-17(23(35)36)9-10-18(32)33/h1,3-8,17H,9-12H2,(H,28,34)(H,32,33)(H,35,36)(H4,26,27,29,30)/t17-/m0/s1. The summed E-state index contributed by atoms with van der Waals surface area (Å²) in [6.07, 6.45) is 4.93. The van der Waals surface area contributed by atoms with E-state index in [4.69, 9.17) is 34.6 Å². The van der Waals surface area contributed by atoms with Crippen LogP contribution in [0.5, 0.6) is 0 Å². The second-order valence-electron chi connectivity index (χ2n) is 7.80. The van der Waals surface area contributed by atoms with Crippen molar-refractivity contribution in [2.45, 2.75) is 25.4 Å². The van der Waals surface area contributed by atoms with E-state index >= 15 is 0 Å². The Morgan fingerprint density at radius 3 is 2.42 bits per heavy atom. The Hall–Kier alpha value is -4.56. The van der Waals surface area contributed by atoms with E-state index < -0.39 is 23.9 Å². The van der Waals surface area contributed by atoms with Crippen LogP contribution < -0.4 is 21.7 Å². The average Bonchev–Trinajstić information content (AvgIpc) is 2.82. The molecule has 2 aromatic carbocycles. The van der Waals surface area contributed by atoms with E-state index in [0.717, 1.165) is 0 Å². The molecule has 0 saturated heterocycles. The van der Waals surface area contributed by atoms with Crippen LogP contribution in [0, 0.1) is 12.3 Å². The molecule has 0 unspecified atom stereocenters. The number of carboxylic acids is 2. The van der Waals surface area contributed by atoms with Crippen molar-refractivity contribution in [3.05, 3.63) is 52.5 Å². The Balaban J connectivity index is 1.80. The number of terminal acetylenes is 1. The number of aliphatic carboxylic acids is 2. The molecule has 0 radical (unpaired) electrons. The molecule has 3 rings (SSSR count). The van der Waals surface area contributed by atoms with E-state index in [-0.39, 0.29) is 36.7 Å². The normalized spacial score (nSPS) is 11.4. The van der Waals surface area contributed by atoms with Crippen molar-refractivity contribution in [3.63, 3.8) is 0 Å². The van der Waals surface area contributed by atoms with E-state index in [1.807, 2.05) is 4.90 Å². The van der Waals surface area contributed by atoms with Crippen LogP contribution in [-0.2, 0) is 16.1 Å². The van der Waals surface area contributed by atoms with Crippen molar-refractivity contribution in [1.82, 2.24) is 15.3 Å². The number of hydrogen-bond donors (Lipinski definition) is 5. The largest absolute Gasteiger partial charge is 0.481 e. The lowest BCUT2D eigenvalue weighted by Crippen LogP contribution is -2.41. The van der Waals surface area contributed by atoms with Crippen LogP contribution in [0.2, 0.25) is 5.02 Å². The molecule has 0 aliphatic carbocycles. The number of carboxylic acid groups (broad SMARTS) is 2. The van der Waals surface area contributed by atoms with Crippen LogP contribution in [0.1, 0.15) is 28.8 Å². The third-order valence-corrected chi connectivity index (χ3v) is 5.75. The smallest absolute Gasteiger partial charge is 0.326 e. The first-order valence-electron chi connectivity index (χ1n) is 10.6. The van der Waals surface area contributed by atoms with Crippen LogP contribution >= 0.6 is 11.6 Å². The van der Waals surface area contributed by atoms with E-state index in [1.54, 1.807) is 24.3 Å². The van der Waals surface area contributed by atoms with E-state index in [2.05, 4.69) is 21.2 Å². The van der Waals surface area contributed by atoms with Crippen molar-refractivity contribution in [2.75, 3.05) is 22.9 Å². The molecule has 0 aliphatic rings. The fraction of sp³-hybridized carbons (Fsp3) is 0.208. The first-order chi connectivity index (χ1) is 17.1. The van der Waals surface area contributed by atoms with E-state index in [1.165, 1.54) is 12.1 Å². The van der Waals surface area contributed by atoms with E-state index in [0.29, 0.717) is 33.7 Å². The summed E-state index contributed by atoms with van der Waals surface area (Å²) in [5.41, 5.74) is 13.8. The molecule has 1 atom stereocenters. The van der Waals surface area contributed by atoms with Crippen LogP contribution in [0.4, 0.5) is 17.5 Å². The number of anilines is 3. The molecular formula is C24H23ClN6O5. The van der Waals surface area contributed by atoms with Gasteiger partial charge in [0.25, 0.3) is 5.91 Å². The summed E-state index contributed by atoms with van der Waals surface area (Å²) in [6, 6.07) is 8.54. The highest BCUT2D eigenvalue weighted by molar-refractivity contribution is 6.37. The van der Waals surface area contributed by atoms with Gasteiger partial charge in [0.1, 0.15) is 11.9 Å². The molecule has 12 heteroatoms. The van der Waals surface area contributed by atoms with Crippen molar-refractivity contribution >= 4 is 57.8 Å². The van der Waals surface area contributed by atoms with Crippen molar-refractivity contribution in [1.29, 1.82) is 0 Å². The number of amides is 1. The SMILES string of the molecule is C#CCN(Cc1ccc2nc(N)nc(N)c2c1Cl)c1ccc(C(=O)N[C@@H](CCC(=O)O)C(=O)O)cc1. The van der Waals surface area contributed by atoms with Crippen LogP contribution in [0.15, 0.2) is 36.4 Å². The molecule has 7 N–H and O–H groups in total. The number of nitrogens with zero attached hydrogens (tertiary/aromatic N) is 3. The Morgan fingerprint density at radius 1 is 1.11 bits per heavy atom. The molecule has 1 aromatic heterocycles. The molecule has 0 spiro atoms.